The number of nitrogens with one attached hydrogen (secondary N) is 1. The SMILES string of the molecule is COc1ccc(F)cc1CN1CCC(CNc2ccc(C#N)cn2)C1. The van der Waals surface area contributed by atoms with Crippen LogP contribution in [0.25, 0.3) is 0 Å². The third kappa shape index (κ3) is 4.46. The maximum absolute atomic E-state index is 13.5. The normalized spacial score (nSPS) is 17.2. The van der Waals surface area contributed by atoms with E-state index in [1.807, 2.05) is 6.07 Å². The molecule has 0 bridgehead atoms. The molecular weight excluding hydrogens is 319 g/mol. The lowest BCUT2D eigenvalue weighted by atomic mass is 10.1. The molecule has 3 rings (SSSR count). The second-order valence-electron chi connectivity index (χ2n) is 6.27. The Morgan fingerprint density at radius 3 is 3.00 bits per heavy atom. The first-order chi connectivity index (χ1) is 12.2. The summed E-state index contributed by atoms with van der Waals surface area (Å²) in [5.41, 5.74) is 1.44. The molecule has 1 unspecified atom stereocenters. The zero-order valence-corrected chi connectivity index (χ0v) is 14.2. The van der Waals surface area contributed by atoms with E-state index in [1.165, 1.54) is 6.07 Å². The highest BCUT2D eigenvalue weighted by Crippen LogP contribution is 2.25. The van der Waals surface area contributed by atoms with Gasteiger partial charge in [0.2, 0.25) is 0 Å². The number of ether oxygens (including phenoxy) is 1. The van der Waals surface area contributed by atoms with Crippen LogP contribution in [0.15, 0.2) is 36.5 Å². The van der Waals surface area contributed by atoms with E-state index in [0.717, 1.165) is 43.2 Å². The number of nitrogens with zero attached hydrogens (tertiary/aromatic N) is 3. The van der Waals surface area contributed by atoms with E-state index in [4.69, 9.17) is 10.00 Å². The number of hydrogen-bond donors (Lipinski definition) is 1. The first-order valence-electron chi connectivity index (χ1n) is 8.32. The predicted molar refractivity (Wildman–Crippen MR) is 93.8 cm³/mol. The molecule has 1 saturated heterocycles. The van der Waals surface area contributed by atoms with Gasteiger partial charge in [-0.2, -0.15) is 5.26 Å². The fourth-order valence-electron chi connectivity index (χ4n) is 3.15. The first kappa shape index (κ1) is 17.2. The van der Waals surface area contributed by atoms with Crippen LogP contribution < -0.4 is 10.1 Å². The molecule has 25 heavy (non-hydrogen) atoms. The van der Waals surface area contributed by atoms with Crippen molar-refractivity contribution in [1.82, 2.24) is 9.88 Å². The largest absolute Gasteiger partial charge is 0.496 e. The minimum absolute atomic E-state index is 0.236. The van der Waals surface area contributed by atoms with Gasteiger partial charge < -0.3 is 10.1 Å². The number of benzene rings is 1. The summed E-state index contributed by atoms with van der Waals surface area (Å²) < 4.78 is 18.8. The summed E-state index contributed by atoms with van der Waals surface area (Å²) in [6.07, 6.45) is 2.65. The van der Waals surface area contributed by atoms with Crippen molar-refractivity contribution in [3.63, 3.8) is 0 Å². The summed E-state index contributed by atoms with van der Waals surface area (Å²) in [5, 5.41) is 12.1. The van der Waals surface area contributed by atoms with E-state index < -0.39 is 0 Å². The van der Waals surface area contributed by atoms with E-state index in [9.17, 15) is 4.39 Å². The number of anilines is 1. The topological polar surface area (TPSA) is 61.2 Å². The van der Waals surface area contributed by atoms with Crippen molar-refractivity contribution < 1.29 is 9.13 Å². The molecule has 1 atom stereocenters. The molecule has 1 aliphatic heterocycles. The predicted octanol–water partition coefficient (Wildman–Crippen LogP) is 3.03. The Bertz CT molecular complexity index is 757. The molecule has 130 valence electrons. The molecule has 0 amide bonds. The van der Waals surface area contributed by atoms with Gasteiger partial charge in [-0.3, -0.25) is 4.90 Å². The molecule has 1 aromatic heterocycles. The molecule has 5 nitrogen and oxygen atoms in total. The van der Waals surface area contributed by atoms with Crippen molar-refractivity contribution in [3.05, 3.63) is 53.5 Å². The second kappa shape index (κ2) is 7.95. The van der Waals surface area contributed by atoms with Gasteiger partial charge in [0, 0.05) is 31.4 Å². The number of likely N-dealkylation sites (tertiary alicyclic amines) is 1. The summed E-state index contributed by atoms with van der Waals surface area (Å²) in [5.74, 6) is 1.78. The van der Waals surface area contributed by atoms with E-state index >= 15 is 0 Å². The van der Waals surface area contributed by atoms with Crippen molar-refractivity contribution >= 4 is 5.82 Å². The molecular formula is C19H21FN4O. The summed E-state index contributed by atoms with van der Waals surface area (Å²) in [4.78, 5) is 6.54. The van der Waals surface area contributed by atoms with E-state index in [0.29, 0.717) is 18.0 Å². The van der Waals surface area contributed by atoms with Gasteiger partial charge in [-0.25, -0.2) is 9.37 Å². The highest BCUT2D eigenvalue weighted by Gasteiger charge is 2.23. The quantitative estimate of drug-likeness (QED) is 0.876. The Morgan fingerprint density at radius 2 is 2.28 bits per heavy atom. The molecule has 0 saturated carbocycles. The average molecular weight is 340 g/mol. The minimum atomic E-state index is -0.236. The fraction of sp³-hybridized carbons (Fsp3) is 0.368. The van der Waals surface area contributed by atoms with Crippen molar-refractivity contribution in [2.45, 2.75) is 13.0 Å². The van der Waals surface area contributed by atoms with Crippen molar-refractivity contribution in [1.29, 1.82) is 5.26 Å². The molecule has 2 aromatic rings. The van der Waals surface area contributed by atoms with E-state index in [2.05, 4.69) is 21.3 Å². The molecule has 6 heteroatoms. The van der Waals surface area contributed by atoms with Gasteiger partial charge in [0.05, 0.1) is 12.7 Å². The molecule has 1 aliphatic rings. The van der Waals surface area contributed by atoms with Crippen molar-refractivity contribution in [2.75, 3.05) is 32.1 Å². The summed E-state index contributed by atoms with van der Waals surface area (Å²) >= 11 is 0. The lowest BCUT2D eigenvalue weighted by Gasteiger charge is -2.18. The van der Waals surface area contributed by atoms with Crippen LogP contribution in [0, 0.1) is 23.1 Å². The van der Waals surface area contributed by atoms with Crippen LogP contribution in [-0.2, 0) is 6.54 Å². The summed E-state index contributed by atoms with van der Waals surface area (Å²) in [7, 11) is 1.61. The van der Waals surface area contributed by atoms with Crippen molar-refractivity contribution in [3.8, 4) is 11.8 Å². The zero-order chi connectivity index (χ0) is 17.6. The summed E-state index contributed by atoms with van der Waals surface area (Å²) in [6, 6.07) is 10.3. The maximum Gasteiger partial charge on any atom is 0.125 e. The Labute approximate surface area is 147 Å². The van der Waals surface area contributed by atoms with Crippen LogP contribution in [0.2, 0.25) is 0 Å². The van der Waals surface area contributed by atoms with Crippen LogP contribution in [0.5, 0.6) is 5.75 Å². The lowest BCUT2D eigenvalue weighted by molar-refractivity contribution is 0.309. The zero-order valence-electron chi connectivity index (χ0n) is 14.2. The number of aromatic nitrogens is 1. The van der Waals surface area contributed by atoms with Crippen LogP contribution in [0.3, 0.4) is 0 Å². The number of hydrogen-bond acceptors (Lipinski definition) is 5. The minimum Gasteiger partial charge on any atom is -0.496 e. The fourth-order valence-corrected chi connectivity index (χ4v) is 3.15. The maximum atomic E-state index is 13.5. The highest BCUT2D eigenvalue weighted by atomic mass is 19.1. The van der Waals surface area contributed by atoms with Gasteiger partial charge in [0.15, 0.2) is 0 Å². The van der Waals surface area contributed by atoms with Gasteiger partial charge in [-0.1, -0.05) is 0 Å². The molecule has 0 spiro atoms. The van der Waals surface area contributed by atoms with Crippen LogP contribution in [-0.4, -0.2) is 36.6 Å². The molecule has 1 aromatic carbocycles. The molecule has 0 radical (unpaired) electrons. The highest BCUT2D eigenvalue weighted by molar-refractivity contribution is 5.39. The lowest BCUT2D eigenvalue weighted by Crippen LogP contribution is -2.23. The Morgan fingerprint density at radius 1 is 1.40 bits per heavy atom. The number of halogens is 1. The number of nitriles is 1. The number of methoxy groups -OCH3 is 1. The monoisotopic (exact) mass is 340 g/mol. The molecule has 1 N–H and O–H groups in total. The van der Waals surface area contributed by atoms with E-state index in [1.54, 1.807) is 31.5 Å². The third-order valence-electron chi connectivity index (χ3n) is 4.47. The molecule has 1 fully saturated rings. The standard InChI is InChI=1S/C19H21FN4O/c1-25-18-4-3-17(20)8-16(18)13-24-7-6-15(12-24)11-23-19-5-2-14(9-21)10-22-19/h2-5,8,10,15H,6-7,11-13H2,1H3,(H,22,23). The number of rotatable bonds is 6. The molecule has 2 heterocycles. The second-order valence-corrected chi connectivity index (χ2v) is 6.27. The Kier molecular flexibility index (Phi) is 5.46. The van der Waals surface area contributed by atoms with Gasteiger partial charge in [-0.15, -0.1) is 0 Å². The van der Waals surface area contributed by atoms with Crippen LogP contribution in [0.1, 0.15) is 17.5 Å². The van der Waals surface area contributed by atoms with Crippen LogP contribution in [0.4, 0.5) is 10.2 Å². The Hall–Kier alpha value is -2.65. The smallest absolute Gasteiger partial charge is 0.125 e. The first-order valence-corrected chi connectivity index (χ1v) is 8.32. The van der Waals surface area contributed by atoms with Gasteiger partial charge in [0.1, 0.15) is 23.5 Å². The van der Waals surface area contributed by atoms with Gasteiger partial charge in [-0.05, 0) is 49.2 Å². The van der Waals surface area contributed by atoms with Crippen molar-refractivity contribution in [2.24, 2.45) is 5.92 Å². The van der Waals surface area contributed by atoms with Gasteiger partial charge >= 0.3 is 0 Å². The van der Waals surface area contributed by atoms with Gasteiger partial charge in [0.25, 0.3) is 0 Å². The van der Waals surface area contributed by atoms with E-state index in [-0.39, 0.29) is 5.82 Å². The third-order valence-corrected chi connectivity index (χ3v) is 4.47. The average Bonchev–Trinajstić information content (AvgIpc) is 3.08. The molecule has 0 aliphatic carbocycles. The van der Waals surface area contributed by atoms with Crippen LogP contribution >= 0.6 is 0 Å². The number of pyridine rings is 1. The Balaban J connectivity index is 1.52. The summed E-state index contributed by atoms with van der Waals surface area (Å²) in [6.45, 7) is 3.44.